The molecule has 324 valence electrons. The molecule has 0 aliphatic heterocycles. The first kappa shape index (κ1) is 40.1. The Hall–Kier alpha value is -8.18. The summed E-state index contributed by atoms with van der Waals surface area (Å²) >= 11 is 1.91. The van der Waals surface area contributed by atoms with Crippen molar-refractivity contribution >= 4 is 104 Å². The zero-order chi connectivity index (χ0) is 45.5. The number of hydrogen-bond acceptors (Lipinski definition) is 3. The molecule has 0 amide bonds. The van der Waals surface area contributed by atoms with Gasteiger partial charge in [-0.15, -0.1) is 11.3 Å². The van der Waals surface area contributed by atoms with Crippen LogP contribution in [0, 0.1) is 0 Å². The Morgan fingerprint density at radius 3 is 1.51 bits per heavy atom. The van der Waals surface area contributed by atoms with Gasteiger partial charge in [0.25, 0.3) is 0 Å². The van der Waals surface area contributed by atoms with Gasteiger partial charge in [0.15, 0.2) is 0 Å². The van der Waals surface area contributed by atoms with Crippen molar-refractivity contribution in [1.82, 2.24) is 4.40 Å². The average molecular weight is 890 g/mol. The van der Waals surface area contributed by atoms with Crippen LogP contribution in [0.2, 0.25) is 0 Å². The molecule has 3 heterocycles. The van der Waals surface area contributed by atoms with E-state index in [9.17, 15) is 0 Å². The van der Waals surface area contributed by atoms with Gasteiger partial charge in [0.05, 0.1) is 16.7 Å². The van der Waals surface area contributed by atoms with Gasteiger partial charge in [0, 0.05) is 65.5 Å². The lowest BCUT2D eigenvalue weighted by Crippen LogP contribution is -2.10. The first-order chi connectivity index (χ1) is 33.4. The molecular formula is C64H47N3S. The average Bonchev–Trinajstić information content (AvgIpc) is 4.04. The quantitative estimate of drug-likeness (QED) is 0.151. The van der Waals surface area contributed by atoms with Crippen LogP contribution in [0.1, 0.15) is 26.3 Å². The molecule has 13 rings (SSSR count). The van der Waals surface area contributed by atoms with E-state index in [2.05, 4.69) is 265 Å². The smallest absolute Gasteiger partial charge is 0.109 e. The summed E-state index contributed by atoms with van der Waals surface area (Å²) in [7, 11) is 0. The molecule has 0 atom stereocenters. The van der Waals surface area contributed by atoms with Gasteiger partial charge in [0.2, 0.25) is 0 Å². The minimum Gasteiger partial charge on any atom is -0.310 e. The predicted molar refractivity (Wildman–Crippen MR) is 293 cm³/mol. The van der Waals surface area contributed by atoms with Crippen molar-refractivity contribution in [2.45, 2.75) is 26.2 Å². The van der Waals surface area contributed by atoms with E-state index in [4.69, 9.17) is 0 Å². The van der Waals surface area contributed by atoms with Gasteiger partial charge in [-0.05, 0) is 117 Å². The maximum Gasteiger partial charge on any atom is 0.109 e. The highest BCUT2D eigenvalue weighted by molar-refractivity contribution is 7.25. The molecule has 0 N–H and O–H groups in total. The fourth-order valence-electron chi connectivity index (χ4n) is 10.6. The highest BCUT2D eigenvalue weighted by Crippen LogP contribution is 2.53. The maximum atomic E-state index is 2.62. The Labute approximate surface area is 400 Å². The van der Waals surface area contributed by atoms with Crippen LogP contribution < -0.4 is 9.80 Å². The normalized spacial score (nSPS) is 12.0. The van der Waals surface area contributed by atoms with Crippen molar-refractivity contribution in [3.05, 3.63) is 236 Å². The van der Waals surface area contributed by atoms with Gasteiger partial charge in [0.1, 0.15) is 4.83 Å². The second-order valence-corrected chi connectivity index (χ2v) is 20.0. The predicted octanol–water partition coefficient (Wildman–Crippen LogP) is 18.8. The summed E-state index contributed by atoms with van der Waals surface area (Å²) in [6.45, 7) is 6.96. The van der Waals surface area contributed by atoms with Gasteiger partial charge in [-0.1, -0.05) is 172 Å². The van der Waals surface area contributed by atoms with Crippen LogP contribution in [0.25, 0.3) is 80.5 Å². The SMILES string of the molecule is CC(C)(C)c1ccc2sc3c(c2c1)c1c(N(c2ccccc2)c2cccc(-c4ccccc4)c2)ccc2c4ccc5ccc(N(c6ccccc6)c6cccc(-c7ccccc7)c6)cc5c4n3c21. The monoisotopic (exact) mass is 889 g/mol. The molecule has 0 aliphatic rings. The van der Waals surface area contributed by atoms with Crippen molar-refractivity contribution in [1.29, 1.82) is 0 Å². The Kier molecular flexibility index (Phi) is 9.28. The number of thiophene rings is 1. The largest absolute Gasteiger partial charge is 0.310 e. The number of anilines is 6. The van der Waals surface area contributed by atoms with Gasteiger partial charge >= 0.3 is 0 Å². The molecule has 10 aromatic carbocycles. The molecule has 0 bridgehead atoms. The zero-order valence-electron chi connectivity index (χ0n) is 38.2. The van der Waals surface area contributed by atoms with Crippen LogP contribution in [0.5, 0.6) is 0 Å². The molecule has 0 radical (unpaired) electrons. The van der Waals surface area contributed by atoms with Crippen LogP contribution in [0.3, 0.4) is 0 Å². The van der Waals surface area contributed by atoms with Crippen LogP contribution in [0.15, 0.2) is 231 Å². The summed E-state index contributed by atoms with van der Waals surface area (Å²) in [5, 5.41) is 8.84. The number of hydrogen-bond donors (Lipinski definition) is 0. The van der Waals surface area contributed by atoms with E-state index < -0.39 is 0 Å². The van der Waals surface area contributed by atoms with E-state index in [0.29, 0.717) is 0 Å². The number of para-hydroxylation sites is 2. The number of rotatable bonds is 8. The molecule has 0 saturated heterocycles. The lowest BCUT2D eigenvalue weighted by molar-refractivity contribution is 0.591. The van der Waals surface area contributed by atoms with Gasteiger partial charge in [-0.25, -0.2) is 0 Å². The third-order valence-electron chi connectivity index (χ3n) is 13.8. The Morgan fingerprint density at radius 1 is 0.368 bits per heavy atom. The molecular weight excluding hydrogens is 843 g/mol. The zero-order valence-corrected chi connectivity index (χ0v) is 39.0. The molecule has 0 spiro atoms. The standard InChI is InChI=1S/C64H47N3S/c1-64(2,3)47-32-37-58-56(40-47)59-60-57(66(49-26-14-7-15-27-49)51-29-17-23-46(39-51)43-20-10-5-11-21-43)36-35-54-53-34-31-44-30-33-52(41-55(44)61(53)67(62(54)60)63(59)68-58)65(48-24-12-6-13-25-48)50-28-16-22-45(38-50)42-18-8-4-9-19-42/h4-41H,1-3H3. The summed E-state index contributed by atoms with van der Waals surface area (Å²) < 4.78 is 3.92. The van der Waals surface area contributed by atoms with Crippen molar-refractivity contribution < 1.29 is 0 Å². The number of aromatic nitrogens is 1. The fraction of sp³-hybridized carbons (Fsp3) is 0.0625. The molecule has 0 fully saturated rings. The van der Waals surface area contributed by atoms with Gasteiger partial charge in [-0.2, -0.15) is 0 Å². The molecule has 0 unspecified atom stereocenters. The van der Waals surface area contributed by atoms with E-state index in [1.165, 1.54) is 86.1 Å². The van der Waals surface area contributed by atoms with Gasteiger partial charge in [-0.3, -0.25) is 4.40 Å². The highest BCUT2D eigenvalue weighted by Gasteiger charge is 2.28. The minimum absolute atomic E-state index is 0.00965. The fourth-order valence-corrected chi connectivity index (χ4v) is 11.8. The van der Waals surface area contributed by atoms with Crippen molar-refractivity contribution in [3.8, 4) is 22.3 Å². The first-order valence-corrected chi connectivity index (χ1v) is 24.3. The molecule has 4 heteroatoms. The third kappa shape index (κ3) is 6.47. The summed E-state index contributed by atoms with van der Waals surface area (Å²) in [5.74, 6) is 0. The number of benzene rings is 10. The van der Waals surface area contributed by atoms with Crippen molar-refractivity contribution in [2.24, 2.45) is 0 Å². The summed E-state index contributed by atoms with van der Waals surface area (Å²) in [4.78, 5) is 6.15. The van der Waals surface area contributed by atoms with Crippen LogP contribution >= 0.6 is 11.3 Å². The van der Waals surface area contributed by atoms with E-state index >= 15 is 0 Å². The molecule has 13 aromatic rings. The second kappa shape index (κ2) is 15.7. The molecule has 3 aromatic heterocycles. The molecule has 0 aliphatic carbocycles. The second-order valence-electron chi connectivity index (χ2n) is 19.0. The van der Waals surface area contributed by atoms with Gasteiger partial charge < -0.3 is 9.80 Å². The summed E-state index contributed by atoms with van der Waals surface area (Å²) in [6, 6.07) is 84.6. The Balaban J connectivity index is 1.12. The summed E-state index contributed by atoms with van der Waals surface area (Å²) in [6.07, 6.45) is 0. The maximum absolute atomic E-state index is 2.62. The first-order valence-electron chi connectivity index (χ1n) is 23.5. The van der Waals surface area contributed by atoms with E-state index in [1.807, 2.05) is 11.3 Å². The van der Waals surface area contributed by atoms with E-state index in [-0.39, 0.29) is 5.41 Å². The Morgan fingerprint density at radius 2 is 0.882 bits per heavy atom. The lowest BCUT2D eigenvalue weighted by Gasteiger charge is -2.27. The van der Waals surface area contributed by atoms with Crippen molar-refractivity contribution in [3.63, 3.8) is 0 Å². The van der Waals surface area contributed by atoms with Crippen LogP contribution in [-0.2, 0) is 5.41 Å². The minimum atomic E-state index is -0.00965. The lowest BCUT2D eigenvalue weighted by atomic mass is 9.86. The highest BCUT2D eigenvalue weighted by atomic mass is 32.1. The molecule has 68 heavy (non-hydrogen) atoms. The topological polar surface area (TPSA) is 10.9 Å². The van der Waals surface area contributed by atoms with Crippen molar-refractivity contribution in [2.75, 3.05) is 9.80 Å². The number of fused-ring (bicyclic) bond motifs is 10. The molecule has 3 nitrogen and oxygen atoms in total. The van der Waals surface area contributed by atoms with E-state index in [0.717, 1.165) is 34.1 Å². The van der Waals surface area contributed by atoms with E-state index in [1.54, 1.807) is 0 Å². The Bertz CT molecular complexity index is 4000. The number of nitrogens with zero attached hydrogens (tertiary/aromatic N) is 3. The van der Waals surface area contributed by atoms with Crippen LogP contribution in [0.4, 0.5) is 34.1 Å². The van der Waals surface area contributed by atoms with Crippen LogP contribution in [-0.4, -0.2) is 4.40 Å². The summed E-state index contributed by atoms with van der Waals surface area (Å²) in [5.41, 5.74) is 15.3. The molecule has 0 saturated carbocycles. The third-order valence-corrected chi connectivity index (χ3v) is 15.0.